The Morgan fingerprint density at radius 2 is 1.77 bits per heavy atom. The van der Waals surface area contributed by atoms with Gasteiger partial charge in [0.2, 0.25) is 0 Å². The molecule has 0 aliphatic heterocycles. The summed E-state index contributed by atoms with van der Waals surface area (Å²) in [4.78, 5) is 36.1. The van der Waals surface area contributed by atoms with E-state index >= 15 is 0 Å². The van der Waals surface area contributed by atoms with Crippen LogP contribution in [0.3, 0.4) is 0 Å². The first kappa shape index (κ1) is 25.8. The van der Waals surface area contributed by atoms with E-state index in [0.717, 1.165) is 23.8 Å². The van der Waals surface area contributed by atoms with Gasteiger partial charge < -0.3 is 24.5 Å². The Kier molecular flexibility index (Phi) is 8.52. The predicted octanol–water partition coefficient (Wildman–Crippen LogP) is 4.36. The van der Waals surface area contributed by atoms with Crippen molar-refractivity contribution in [3.05, 3.63) is 76.1 Å². The van der Waals surface area contributed by atoms with Gasteiger partial charge in [-0.3, -0.25) is 9.59 Å². The van der Waals surface area contributed by atoms with E-state index in [1.807, 2.05) is 69.3 Å². The van der Waals surface area contributed by atoms with Crippen molar-refractivity contribution in [1.82, 2.24) is 9.88 Å². The highest BCUT2D eigenvalue weighted by atomic mass is 16.6. The number of pyridine rings is 1. The Balaban J connectivity index is 1.70. The Labute approximate surface area is 204 Å². The number of ether oxygens (including phenoxy) is 2. The minimum absolute atomic E-state index is 0.243. The van der Waals surface area contributed by atoms with Crippen molar-refractivity contribution in [2.45, 2.75) is 52.2 Å². The van der Waals surface area contributed by atoms with Gasteiger partial charge in [-0.2, -0.15) is 0 Å². The highest BCUT2D eigenvalue weighted by Crippen LogP contribution is 2.22. The number of carboxylic acids is 1. The lowest BCUT2D eigenvalue weighted by Gasteiger charge is -2.19. The predicted molar refractivity (Wildman–Crippen MR) is 134 cm³/mol. The average Bonchev–Trinajstić information content (AvgIpc) is 2.78. The third-order valence-electron chi connectivity index (χ3n) is 5.18. The molecule has 0 spiro atoms. The fourth-order valence-electron chi connectivity index (χ4n) is 3.64. The van der Waals surface area contributed by atoms with Crippen molar-refractivity contribution in [2.75, 3.05) is 13.2 Å². The second-order valence-corrected chi connectivity index (χ2v) is 9.32. The van der Waals surface area contributed by atoms with Gasteiger partial charge in [-0.05, 0) is 62.8 Å². The molecule has 0 fully saturated rings. The number of unbranched alkanes of at least 4 members (excludes halogenated alkanes) is 1. The topological polar surface area (TPSA) is 107 Å². The molecule has 186 valence electrons. The molecule has 0 aliphatic rings. The van der Waals surface area contributed by atoms with Crippen LogP contribution in [0.2, 0.25) is 0 Å². The molecule has 0 aliphatic carbocycles. The van der Waals surface area contributed by atoms with Gasteiger partial charge in [-0.15, -0.1) is 0 Å². The summed E-state index contributed by atoms with van der Waals surface area (Å²) in [5.74, 6) is -0.432. The van der Waals surface area contributed by atoms with Crippen molar-refractivity contribution < 1.29 is 24.2 Å². The molecule has 3 aromatic rings. The summed E-state index contributed by atoms with van der Waals surface area (Å²) in [6.45, 7) is 6.70. The van der Waals surface area contributed by atoms with Crippen molar-refractivity contribution in [2.24, 2.45) is 0 Å². The highest BCUT2D eigenvalue weighted by Gasteiger charge is 2.16. The van der Waals surface area contributed by atoms with Crippen molar-refractivity contribution in [3.8, 4) is 5.75 Å². The number of hydrogen-bond acceptors (Lipinski definition) is 5. The Hall–Kier alpha value is -3.81. The summed E-state index contributed by atoms with van der Waals surface area (Å²) >= 11 is 0. The molecule has 1 amide bonds. The first-order valence-electron chi connectivity index (χ1n) is 11.6. The summed E-state index contributed by atoms with van der Waals surface area (Å²) in [6.07, 6.45) is 0.678. The molecular weight excluding hydrogens is 448 g/mol. The number of fused-ring (bicyclic) bond motifs is 1. The molecule has 3 rings (SSSR count). The van der Waals surface area contributed by atoms with Crippen LogP contribution in [0.5, 0.6) is 5.75 Å². The van der Waals surface area contributed by atoms with Crippen LogP contribution in [-0.4, -0.2) is 40.5 Å². The molecule has 0 atom stereocenters. The zero-order valence-corrected chi connectivity index (χ0v) is 20.4. The van der Waals surface area contributed by atoms with Gasteiger partial charge in [-0.25, -0.2) is 4.79 Å². The van der Waals surface area contributed by atoms with E-state index in [2.05, 4.69) is 5.32 Å². The molecule has 0 radical (unpaired) electrons. The van der Waals surface area contributed by atoms with Gasteiger partial charge in [0.15, 0.2) is 0 Å². The lowest BCUT2D eigenvalue weighted by atomic mass is 10.1. The van der Waals surface area contributed by atoms with Gasteiger partial charge >= 0.3 is 12.1 Å². The fraction of sp³-hybridized carbons (Fsp3) is 0.370. The minimum Gasteiger partial charge on any atom is -0.494 e. The van der Waals surface area contributed by atoms with E-state index < -0.39 is 17.7 Å². The zero-order chi connectivity index (χ0) is 25.4. The number of hydrogen-bond donors (Lipinski definition) is 2. The number of rotatable bonds is 10. The summed E-state index contributed by atoms with van der Waals surface area (Å²) in [7, 11) is 0. The van der Waals surface area contributed by atoms with Crippen LogP contribution in [-0.2, 0) is 22.5 Å². The number of nitrogens with one attached hydrogen (secondary N) is 1. The maximum absolute atomic E-state index is 13.1. The molecule has 0 bridgehead atoms. The monoisotopic (exact) mass is 480 g/mol. The number of nitrogens with zero attached hydrogens (tertiary/aromatic N) is 1. The van der Waals surface area contributed by atoms with E-state index in [4.69, 9.17) is 9.47 Å². The van der Waals surface area contributed by atoms with Crippen LogP contribution in [0.1, 0.15) is 44.7 Å². The number of aromatic nitrogens is 1. The first-order valence-corrected chi connectivity index (χ1v) is 11.6. The van der Waals surface area contributed by atoms with Gasteiger partial charge in [0.05, 0.1) is 25.1 Å². The van der Waals surface area contributed by atoms with Crippen LogP contribution < -0.4 is 15.6 Å². The summed E-state index contributed by atoms with van der Waals surface area (Å²) < 4.78 is 12.7. The largest absolute Gasteiger partial charge is 0.494 e. The smallest absolute Gasteiger partial charge is 0.407 e. The van der Waals surface area contributed by atoms with Crippen molar-refractivity contribution in [1.29, 1.82) is 0 Å². The number of carbonyl (C=O) groups excluding carboxylic acids is 1. The Morgan fingerprint density at radius 1 is 1.03 bits per heavy atom. The molecule has 0 saturated carbocycles. The number of benzene rings is 2. The Bertz CT molecular complexity index is 1230. The van der Waals surface area contributed by atoms with Crippen LogP contribution in [0.15, 0.2) is 59.4 Å². The summed E-state index contributed by atoms with van der Waals surface area (Å²) in [5, 5.41) is 12.7. The minimum atomic E-state index is -1.05. The number of amides is 1. The highest BCUT2D eigenvalue weighted by molar-refractivity contribution is 5.82. The first-order chi connectivity index (χ1) is 16.6. The van der Waals surface area contributed by atoms with Gasteiger partial charge in [0.25, 0.3) is 5.56 Å². The summed E-state index contributed by atoms with van der Waals surface area (Å²) in [5.41, 5.74) is 1.00. The van der Waals surface area contributed by atoms with E-state index in [0.29, 0.717) is 31.0 Å². The quantitative estimate of drug-likeness (QED) is 0.418. The lowest BCUT2D eigenvalue weighted by Crippen LogP contribution is -2.33. The second kappa shape index (κ2) is 11.6. The molecule has 8 nitrogen and oxygen atoms in total. The molecule has 8 heteroatoms. The molecule has 0 saturated heterocycles. The third-order valence-corrected chi connectivity index (χ3v) is 5.18. The number of carbonyl (C=O) groups is 2. The lowest BCUT2D eigenvalue weighted by molar-refractivity contribution is -0.136. The van der Waals surface area contributed by atoms with E-state index in [-0.39, 0.29) is 17.5 Å². The van der Waals surface area contributed by atoms with Crippen LogP contribution >= 0.6 is 0 Å². The van der Waals surface area contributed by atoms with Crippen LogP contribution in [0.25, 0.3) is 10.9 Å². The van der Waals surface area contributed by atoms with Gasteiger partial charge in [0.1, 0.15) is 11.4 Å². The normalized spacial score (nSPS) is 11.3. The Morgan fingerprint density at radius 3 is 2.46 bits per heavy atom. The molecule has 2 N–H and O–H groups in total. The van der Waals surface area contributed by atoms with E-state index in [1.54, 1.807) is 10.6 Å². The van der Waals surface area contributed by atoms with Crippen LogP contribution in [0, 0.1) is 0 Å². The molecule has 2 aromatic carbocycles. The standard InChI is InChI=1S/C27H32N2O6/c1-27(2,3)35-26(33)28-13-7-8-14-34-22-12-11-20-15-21(16-24(30)31)25(32)29(23(20)17-22)18-19-9-5-4-6-10-19/h4-6,9-12,15,17H,7-8,13-14,16,18H2,1-3H3,(H,28,33)(H,30,31). The molecule has 0 unspecified atom stereocenters. The second-order valence-electron chi connectivity index (χ2n) is 9.32. The molecule has 1 aromatic heterocycles. The van der Waals surface area contributed by atoms with Crippen molar-refractivity contribution in [3.63, 3.8) is 0 Å². The van der Waals surface area contributed by atoms with E-state index in [9.17, 15) is 19.5 Å². The number of carboxylic acid groups (broad SMARTS) is 1. The van der Waals surface area contributed by atoms with Gasteiger partial charge in [-0.1, -0.05) is 30.3 Å². The van der Waals surface area contributed by atoms with Crippen molar-refractivity contribution >= 4 is 23.0 Å². The molecule has 35 heavy (non-hydrogen) atoms. The van der Waals surface area contributed by atoms with Gasteiger partial charge in [0, 0.05) is 18.2 Å². The number of alkyl carbamates (subject to hydrolysis) is 1. The average molecular weight is 481 g/mol. The molecular formula is C27H32N2O6. The molecule has 1 heterocycles. The SMILES string of the molecule is CC(C)(C)OC(=O)NCCCCOc1ccc2cc(CC(=O)O)c(=O)n(Cc3ccccc3)c2c1. The zero-order valence-electron chi connectivity index (χ0n) is 20.4. The van der Waals surface area contributed by atoms with E-state index in [1.165, 1.54) is 0 Å². The fourth-order valence-corrected chi connectivity index (χ4v) is 3.64. The summed E-state index contributed by atoms with van der Waals surface area (Å²) in [6, 6.07) is 16.6. The third kappa shape index (κ3) is 7.88. The maximum atomic E-state index is 13.1. The van der Waals surface area contributed by atoms with Crippen LogP contribution in [0.4, 0.5) is 4.79 Å². The number of aliphatic carboxylic acids is 1. The maximum Gasteiger partial charge on any atom is 0.407 e.